The number of aryl methyl sites for hydroxylation is 1. The quantitative estimate of drug-likeness (QED) is 0.828. The lowest BCUT2D eigenvalue weighted by molar-refractivity contribution is -0.137. The number of aliphatic carboxylic acids is 1. The molecule has 2 heteroatoms. The highest BCUT2D eigenvalue weighted by atomic mass is 16.4. The van der Waals surface area contributed by atoms with E-state index in [0.29, 0.717) is 0 Å². The molecule has 1 atom stereocenters. The maximum Gasteiger partial charge on any atom is 0.303 e. The molecule has 1 aromatic carbocycles. The lowest BCUT2D eigenvalue weighted by atomic mass is 9.91. The van der Waals surface area contributed by atoms with Gasteiger partial charge in [-0.25, -0.2) is 0 Å². The number of fused-ring (bicyclic) bond motifs is 1. The van der Waals surface area contributed by atoms with Crippen LogP contribution in [0.4, 0.5) is 0 Å². The largest absolute Gasteiger partial charge is 0.481 e. The van der Waals surface area contributed by atoms with E-state index in [9.17, 15) is 4.79 Å². The summed E-state index contributed by atoms with van der Waals surface area (Å²) in [5.41, 5.74) is 6.68. The Balaban J connectivity index is 2.44. The van der Waals surface area contributed by atoms with Gasteiger partial charge in [-0.15, -0.1) is 0 Å². The number of carboxylic acid groups (broad SMARTS) is 1. The summed E-state index contributed by atoms with van der Waals surface area (Å²) in [6.07, 6.45) is 2.31. The SMILES string of the molecule is Cc1cc2c(c(C)c1C)CC[C@@H]2CC(=O)O. The molecule has 1 aliphatic rings. The highest BCUT2D eigenvalue weighted by molar-refractivity contribution is 5.68. The Kier molecular flexibility index (Phi) is 2.75. The standard InChI is InChI=1S/C14H18O2/c1-8-6-13-11(7-14(15)16)4-5-12(13)10(3)9(8)2/h6,11H,4-5,7H2,1-3H3,(H,15,16)/t11-/m1/s1. The van der Waals surface area contributed by atoms with E-state index in [-0.39, 0.29) is 12.3 Å². The summed E-state index contributed by atoms with van der Waals surface area (Å²) in [5, 5.41) is 8.89. The van der Waals surface area contributed by atoms with Gasteiger partial charge in [-0.3, -0.25) is 4.79 Å². The second-order valence-electron chi connectivity index (χ2n) is 4.84. The maximum absolute atomic E-state index is 10.8. The molecule has 86 valence electrons. The fourth-order valence-electron chi connectivity index (χ4n) is 2.76. The fourth-order valence-corrected chi connectivity index (χ4v) is 2.76. The van der Waals surface area contributed by atoms with Crippen LogP contribution in [0.1, 0.15) is 46.6 Å². The van der Waals surface area contributed by atoms with Crippen molar-refractivity contribution in [1.82, 2.24) is 0 Å². The molecule has 0 unspecified atom stereocenters. The third-order valence-electron chi connectivity index (χ3n) is 3.93. The molecule has 0 saturated heterocycles. The predicted octanol–water partition coefficient (Wildman–Crippen LogP) is 3.12. The molecule has 0 radical (unpaired) electrons. The predicted molar refractivity (Wildman–Crippen MR) is 64.0 cm³/mol. The summed E-state index contributed by atoms with van der Waals surface area (Å²) in [4.78, 5) is 10.8. The highest BCUT2D eigenvalue weighted by Crippen LogP contribution is 2.39. The second-order valence-corrected chi connectivity index (χ2v) is 4.84. The van der Waals surface area contributed by atoms with Crippen LogP contribution in [0.2, 0.25) is 0 Å². The normalized spacial score (nSPS) is 18.6. The van der Waals surface area contributed by atoms with Crippen LogP contribution in [0.3, 0.4) is 0 Å². The molecule has 16 heavy (non-hydrogen) atoms. The minimum atomic E-state index is -0.686. The molecule has 0 aliphatic heterocycles. The van der Waals surface area contributed by atoms with E-state index in [1.165, 1.54) is 27.8 Å². The van der Waals surface area contributed by atoms with Gasteiger partial charge >= 0.3 is 5.97 Å². The van der Waals surface area contributed by atoms with Gasteiger partial charge in [0.2, 0.25) is 0 Å². The summed E-state index contributed by atoms with van der Waals surface area (Å²) >= 11 is 0. The van der Waals surface area contributed by atoms with E-state index >= 15 is 0 Å². The maximum atomic E-state index is 10.8. The molecule has 2 nitrogen and oxygen atoms in total. The Morgan fingerprint density at radius 1 is 1.38 bits per heavy atom. The van der Waals surface area contributed by atoms with Crippen LogP contribution in [-0.4, -0.2) is 11.1 Å². The third kappa shape index (κ3) is 1.73. The van der Waals surface area contributed by atoms with Crippen LogP contribution in [0.25, 0.3) is 0 Å². The van der Waals surface area contributed by atoms with Crippen molar-refractivity contribution >= 4 is 5.97 Å². The average Bonchev–Trinajstić information content (AvgIpc) is 2.58. The molecule has 0 saturated carbocycles. The molecule has 0 aromatic heterocycles. The van der Waals surface area contributed by atoms with Crippen molar-refractivity contribution in [2.75, 3.05) is 0 Å². The molecule has 0 fully saturated rings. The smallest absolute Gasteiger partial charge is 0.303 e. The molecule has 0 heterocycles. The van der Waals surface area contributed by atoms with E-state index in [1.807, 2.05) is 0 Å². The van der Waals surface area contributed by atoms with Gasteiger partial charge in [-0.1, -0.05) is 6.07 Å². The number of rotatable bonds is 2. The first-order valence-corrected chi connectivity index (χ1v) is 5.82. The molecule has 1 aliphatic carbocycles. The van der Waals surface area contributed by atoms with E-state index < -0.39 is 5.97 Å². The Labute approximate surface area is 96.3 Å². The first kappa shape index (κ1) is 11.2. The fraction of sp³-hybridized carbons (Fsp3) is 0.500. The van der Waals surface area contributed by atoms with Crippen molar-refractivity contribution in [3.05, 3.63) is 33.9 Å². The monoisotopic (exact) mass is 218 g/mol. The zero-order chi connectivity index (χ0) is 11.9. The van der Waals surface area contributed by atoms with Crippen molar-refractivity contribution < 1.29 is 9.90 Å². The van der Waals surface area contributed by atoms with Crippen molar-refractivity contribution in [3.63, 3.8) is 0 Å². The van der Waals surface area contributed by atoms with Gasteiger partial charge in [0.25, 0.3) is 0 Å². The Bertz CT molecular complexity index is 447. The summed E-state index contributed by atoms with van der Waals surface area (Å²) < 4.78 is 0. The molecule has 2 rings (SSSR count). The number of benzene rings is 1. The lowest BCUT2D eigenvalue weighted by Crippen LogP contribution is -2.04. The number of hydrogen-bond acceptors (Lipinski definition) is 1. The van der Waals surface area contributed by atoms with Crippen molar-refractivity contribution in [1.29, 1.82) is 0 Å². The molecular weight excluding hydrogens is 200 g/mol. The molecule has 0 bridgehead atoms. The molecule has 0 amide bonds. The molecule has 1 aromatic rings. The van der Waals surface area contributed by atoms with Gasteiger partial charge < -0.3 is 5.11 Å². The third-order valence-corrected chi connectivity index (χ3v) is 3.93. The molecule has 0 spiro atoms. The van der Waals surface area contributed by atoms with Gasteiger partial charge in [0.15, 0.2) is 0 Å². The van der Waals surface area contributed by atoms with Gasteiger partial charge in [-0.2, -0.15) is 0 Å². The van der Waals surface area contributed by atoms with Crippen LogP contribution in [0, 0.1) is 20.8 Å². The number of hydrogen-bond donors (Lipinski definition) is 1. The minimum Gasteiger partial charge on any atom is -0.481 e. The summed E-state index contributed by atoms with van der Waals surface area (Å²) in [6, 6.07) is 2.19. The first-order chi connectivity index (χ1) is 7.50. The lowest BCUT2D eigenvalue weighted by Gasteiger charge is -2.14. The summed E-state index contributed by atoms with van der Waals surface area (Å²) in [7, 11) is 0. The van der Waals surface area contributed by atoms with E-state index in [4.69, 9.17) is 5.11 Å². The summed E-state index contributed by atoms with van der Waals surface area (Å²) in [5.74, 6) is -0.459. The second kappa shape index (κ2) is 3.93. The Morgan fingerprint density at radius 2 is 2.06 bits per heavy atom. The van der Waals surface area contributed by atoms with E-state index in [2.05, 4.69) is 26.8 Å². The van der Waals surface area contributed by atoms with Crippen LogP contribution < -0.4 is 0 Å². The van der Waals surface area contributed by atoms with Gasteiger partial charge in [0, 0.05) is 0 Å². The first-order valence-electron chi connectivity index (χ1n) is 5.82. The topological polar surface area (TPSA) is 37.3 Å². The van der Waals surface area contributed by atoms with Gasteiger partial charge in [0.1, 0.15) is 0 Å². The average molecular weight is 218 g/mol. The Morgan fingerprint density at radius 3 is 2.69 bits per heavy atom. The van der Waals surface area contributed by atoms with E-state index in [0.717, 1.165) is 12.8 Å². The van der Waals surface area contributed by atoms with E-state index in [1.54, 1.807) is 0 Å². The number of carbonyl (C=O) groups is 1. The van der Waals surface area contributed by atoms with Crippen LogP contribution in [0.5, 0.6) is 0 Å². The van der Waals surface area contributed by atoms with Crippen molar-refractivity contribution in [3.8, 4) is 0 Å². The van der Waals surface area contributed by atoms with Gasteiger partial charge in [-0.05, 0) is 67.3 Å². The van der Waals surface area contributed by atoms with Crippen LogP contribution in [0.15, 0.2) is 6.07 Å². The number of carboxylic acids is 1. The van der Waals surface area contributed by atoms with Crippen LogP contribution >= 0.6 is 0 Å². The van der Waals surface area contributed by atoms with Gasteiger partial charge in [0.05, 0.1) is 6.42 Å². The van der Waals surface area contributed by atoms with Crippen molar-refractivity contribution in [2.24, 2.45) is 0 Å². The highest BCUT2D eigenvalue weighted by Gasteiger charge is 2.26. The Hall–Kier alpha value is -1.31. The van der Waals surface area contributed by atoms with Crippen molar-refractivity contribution in [2.45, 2.75) is 46.0 Å². The summed E-state index contributed by atoms with van der Waals surface area (Å²) in [6.45, 7) is 6.42. The van der Waals surface area contributed by atoms with Crippen LogP contribution in [-0.2, 0) is 11.2 Å². The molecular formula is C14H18O2. The zero-order valence-corrected chi connectivity index (χ0v) is 10.1. The molecule has 1 N–H and O–H groups in total. The minimum absolute atomic E-state index is 0.227. The zero-order valence-electron chi connectivity index (χ0n) is 10.1.